The number of hydrogen-bond acceptors (Lipinski definition) is 5. The highest BCUT2D eigenvalue weighted by molar-refractivity contribution is 7.89. The second kappa shape index (κ2) is 9.19. The third kappa shape index (κ3) is 5.21. The Kier molecular flexibility index (Phi) is 6.65. The molecule has 0 aliphatic carbocycles. The van der Waals surface area contributed by atoms with E-state index in [2.05, 4.69) is 10.6 Å². The molecular formula is C19H22FN3O5S. The Morgan fingerprint density at radius 1 is 1.14 bits per heavy atom. The fourth-order valence-electron chi connectivity index (χ4n) is 3.13. The maximum absolute atomic E-state index is 13.1. The lowest BCUT2D eigenvalue weighted by atomic mass is 9.99. The van der Waals surface area contributed by atoms with Gasteiger partial charge < -0.3 is 15.1 Å². The van der Waals surface area contributed by atoms with Crippen molar-refractivity contribution in [1.29, 1.82) is 0 Å². The van der Waals surface area contributed by atoms with E-state index in [1.165, 1.54) is 28.8 Å². The van der Waals surface area contributed by atoms with Gasteiger partial charge in [-0.15, -0.1) is 0 Å². The minimum absolute atomic E-state index is 0.000553. The number of benzene rings is 1. The first-order chi connectivity index (χ1) is 13.9. The molecule has 1 aromatic heterocycles. The number of furan rings is 1. The molecule has 1 aromatic carbocycles. The quantitative estimate of drug-likeness (QED) is 0.654. The van der Waals surface area contributed by atoms with Crippen LogP contribution in [0, 0.1) is 11.7 Å². The molecule has 1 aliphatic heterocycles. The average Bonchev–Trinajstić information content (AvgIpc) is 3.26. The molecule has 2 amide bonds. The van der Waals surface area contributed by atoms with E-state index in [1.54, 1.807) is 6.07 Å². The zero-order valence-corrected chi connectivity index (χ0v) is 16.5. The first-order valence-electron chi connectivity index (χ1n) is 9.23. The Hall–Kier alpha value is -2.72. The Bertz CT molecular complexity index is 945. The lowest BCUT2D eigenvalue weighted by molar-refractivity contribution is -0.126. The van der Waals surface area contributed by atoms with E-state index >= 15 is 0 Å². The monoisotopic (exact) mass is 423 g/mol. The molecule has 1 saturated heterocycles. The normalized spacial score (nSPS) is 17.6. The molecule has 0 radical (unpaired) electrons. The number of amides is 2. The summed E-state index contributed by atoms with van der Waals surface area (Å²) in [6, 6.07) is 7.76. The van der Waals surface area contributed by atoms with Crippen molar-refractivity contribution in [3.63, 3.8) is 0 Å². The molecule has 0 spiro atoms. The molecule has 0 bridgehead atoms. The van der Waals surface area contributed by atoms with Crippen LogP contribution in [0.25, 0.3) is 0 Å². The van der Waals surface area contributed by atoms with Gasteiger partial charge >= 0.3 is 0 Å². The van der Waals surface area contributed by atoms with Crippen LogP contribution in [0.3, 0.4) is 0 Å². The maximum Gasteiger partial charge on any atom is 0.287 e. The van der Waals surface area contributed by atoms with Crippen molar-refractivity contribution in [3.05, 3.63) is 54.2 Å². The van der Waals surface area contributed by atoms with Crippen LogP contribution in [0.15, 0.2) is 52.0 Å². The first-order valence-corrected chi connectivity index (χ1v) is 10.7. The Balaban J connectivity index is 1.50. The van der Waals surface area contributed by atoms with Gasteiger partial charge in [-0.3, -0.25) is 9.59 Å². The molecule has 10 heteroatoms. The van der Waals surface area contributed by atoms with Crippen molar-refractivity contribution in [2.24, 2.45) is 5.92 Å². The van der Waals surface area contributed by atoms with E-state index in [-0.39, 0.29) is 42.1 Å². The van der Waals surface area contributed by atoms with E-state index in [9.17, 15) is 22.4 Å². The lowest BCUT2D eigenvalue weighted by Gasteiger charge is -2.31. The number of hydrogen-bond donors (Lipinski definition) is 2. The molecular weight excluding hydrogens is 401 g/mol. The summed E-state index contributed by atoms with van der Waals surface area (Å²) in [5.74, 6) is -1.46. The largest absolute Gasteiger partial charge is 0.459 e. The van der Waals surface area contributed by atoms with Crippen LogP contribution in [-0.2, 0) is 14.8 Å². The number of piperidine rings is 1. The molecule has 1 fully saturated rings. The summed E-state index contributed by atoms with van der Waals surface area (Å²) in [6.07, 6.45) is 2.51. The molecule has 156 valence electrons. The topological polar surface area (TPSA) is 109 Å². The van der Waals surface area contributed by atoms with Crippen molar-refractivity contribution in [1.82, 2.24) is 14.9 Å². The Morgan fingerprint density at radius 2 is 1.86 bits per heavy atom. The number of nitrogens with zero attached hydrogens (tertiary/aromatic N) is 1. The molecule has 3 rings (SSSR count). The first kappa shape index (κ1) is 21.0. The van der Waals surface area contributed by atoms with Gasteiger partial charge in [0.15, 0.2) is 5.76 Å². The van der Waals surface area contributed by atoms with Crippen LogP contribution in [0.2, 0.25) is 0 Å². The number of carbonyl (C=O) groups is 2. The van der Waals surface area contributed by atoms with E-state index < -0.39 is 21.8 Å². The average molecular weight is 423 g/mol. The van der Waals surface area contributed by atoms with Gasteiger partial charge in [-0.25, -0.2) is 12.8 Å². The number of carbonyl (C=O) groups excluding carboxylic acids is 2. The highest BCUT2D eigenvalue weighted by Crippen LogP contribution is 2.24. The Morgan fingerprint density at radius 3 is 2.55 bits per heavy atom. The van der Waals surface area contributed by atoms with Crippen molar-refractivity contribution < 1.29 is 26.8 Å². The third-order valence-corrected chi connectivity index (χ3v) is 6.54. The molecule has 29 heavy (non-hydrogen) atoms. The standard InChI is InChI=1S/C19H22FN3O5S/c20-15-5-7-16(8-6-15)29(26,27)23-11-1-3-14(13-23)18(24)21-9-10-22-19(25)17-4-2-12-28-17/h2,4-8,12,14H,1,3,9-11,13H2,(H,21,24)(H,22,25)/t14-/m1/s1. The van der Waals surface area contributed by atoms with Gasteiger partial charge in [0.05, 0.1) is 17.1 Å². The van der Waals surface area contributed by atoms with Crippen LogP contribution >= 0.6 is 0 Å². The van der Waals surface area contributed by atoms with E-state index in [0.717, 1.165) is 12.1 Å². The number of nitrogens with one attached hydrogen (secondary N) is 2. The second-order valence-corrected chi connectivity index (χ2v) is 8.62. The van der Waals surface area contributed by atoms with E-state index in [0.29, 0.717) is 19.4 Å². The van der Waals surface area contributed by atoms with Crippen LogP contribution in [0.4, 0.5) is 4.39 Å². The minimum Gasteiger partial charge on any atom is -0.459 e. The van der Waals surface area contributed by atoms with Crippen LogP contribution in [0.1, 0.15) is 23.4 Å². The molecule has 0 saturated carbocycles. The third-order valence-electron chi connectivity index (χ3n) is 4.66. The van der Waals surface area contributed by atoms with Crippen LogP contribution in [0.5, 0.6) is 0 Å². The molecule has 2 N–H and O–H groups in total. The number of halogens is 1. The number of sulfonamides is 1. The predicted molar refractivity (Wildman–Crippen MR) is 102 cm³/mol. The van der Waals surface area contributed by atoms with Crippen molar-refractivity contribution >= 4 is 21.8 Å². The zero-order chi connectivity index (χ0) is 20.9. The van der Waals surface area contributed by atoms with E-state index in [4.69, 9.17) is 4.42 Å². The van der Waals surface area contributed by atoms with Gasteiger partial charge in [-0.05, 0) is 49.2 Å². The summed E-state index contributed by atoms with van der Waals surface area (Å²) in [5.41, 5.74) is 0. The highest BCUT2D eigenvalue weighted by Gasteiger charge is 2.33. The zero-order valence-electron chi connectivity index (χ0n) is 15.6. The highest BCUT2D eigenvalue weighted by atomic mass is 32.2. The van der Waals surface area contributed by atoms with Crippen molar-refractivity contribution in [3.8, 4) is 0 Å². The summed E-state index contributed by atoms with van der Waals surface area (Å²) in [7, 11) is -3.79. The van der Waals surface area contributed by atoms with Gasteiger partial charge in [-0.1, -0.05) is 0 Å². The summed E-state index contributed by atoms with van der Waals surface area (Å²) >= 11 is 0. The fraction of sp³-hybridized carbons (Fsp3) is 0.368. The Labute approximate surface area is 168 Å². The number of rotatable bonds is 7. The lowest BCUT2D eigenvalue weighted by Crippen LogP contribution is -2.46. The predicted octanol–water partition coefficient (Wildman–Crippen LogP) is 1.37. The minimum atomic E-state index is -3.79. The summed E-state index contributed by atoms with van der Waals surface area (Å²) in [4.78, 5) is 24.2. The fourth-order valence-corrected chi connectivity index (χ4v) is 4.66. The summed E-state index contributed by atoms with van der Waals surface area (Å²) < 4.78 is 44.8. The van der Waals surface area contributed by atoms with Gasteiger partial charge in [0.25, 0.3) is 5.91 Å². The van der Waals surface area contributed by atoms with Gasteiger partial charge in [-0.2, -0.15) is 4.31 Å². The van der Waals surface area contributed by atoms with Gasteiger partial charge in [0.1, 0.15) is 5.82 Å². The van der Waals surface area contributed by atoms with Gasteiger partial charge in [0, 0.05) is 26.2 Å². The van der Waals surface area contributed by atoms with Crippen molar-refractivity contribution in [2.75, 3.05) is 26.2 Å². The van der Waals surface area contributed by atoms with Crippen molar-refractivity contribution in [2.45, 2.75) is 17.7 Å². The van der Waals surface area contributed by atoms with Gasteiger partial charge in [0.2, 0.25) is 15.9 Å². The molecule has 8 nitrogen and oxygen atoms in total. The van der Waals surface area contributed by atoms with E-state index in [1.807, 2.05) is 0 Å². The summed E-state index contributed by atoms with van der Waals surface area (Å²) in [6.45, 7) is 0.801. The second-order valence-electron chi connectivity index (χ2n) is 6.68. The van der Waals surface area contributed by atoms with Crippen LogP contribution < -0.4 is 10.6 Å². The smallest absolute Gasteiger partial charge is 0.287 e. The molecule has 1 aliphatic rings. The SMILES string of the molecule is O=C(NCCNC(=O)[C@@H]1CCCN(S(=O)(=O)c2ccc(F)cc2)C1)c1ccco1. The summed E-state index contributed by atoms with van der Waals surface area (Å²) in [5, 5.41) is 5.34. The molecule has 1 atom stereocenters. The maximum atomic E-state index is 13.1. The molecule has 2 heterocycles. The van der Waals surface area contributed by atoms with Crippen LogP contribution in [-0.4, -0.2) is 50.7 Å². The molecule has 0 unspecified atom stereocenters. The molecule has 2 aromatic rings.